The highest BCUT2D eigenvalue weighted by atomic mass is 16.3. The van der Waals surface area contributed by atoms with Crippen molar-refractivity contribution in [2.75, 3.05) is 19.7 Å². The molecule has 0 bridgehead atoms. The van der Waals surface area contributed by atoms with Crippen LogP contribution in [0.3, 0.4) is 0 Å². The number of hydrogen-bond acceptors (Lipinski definition) is 3. The van der Waals surface area contributed by atoms with Crippen LogP contribution in [0.25, 0.3) is 0 Å². The molecule has 0 aromatic heterocycles. The van der Waals surface area contributed by atoms with E-state index in [0.717, 1.165) is 12.0 Å². The van der Waals surface area contributed by atoms with Crippen LogP contribution >= 0.6 is 0 Å². The van der Waals surface area contributed by atoms with E-state index in [4.69, 9.17) is 0 Å². The molecule has 1 aliphatic rings. The first-order valence-corrected chi connectivity index (χ1v) is 8.95. The fraction of sp³-hybridized carbons (Fsp3) is 0.333. The van der Waals surface area contributed by atoms with Gasteiger partial charge in [0.1, 0.15) is 0 Å². The van der Waals surface area contributed by atoms with Gasteiger partial charge in [0.05, 0.1) is 18.6 Å². The third kappa shape index (κ3) is 4.49. The summed E-state index contributed by atoms with van der Waals surface area (Å²) in [6, 6.07) is 18.9. The fourth-order valence-electron chi connectivity index (χ4n) is 3.28. The van der Waals surface area contributed by atoms with Gasteiger partial charge in [-0.1, -0.05) is 60.7 Å². The number of aliphatic hydroxyl groups excluding tert-OH is 1. The van der Waals surface area contributed by atoms with Crippen LogP contribution in [-0.4, -0.2) is 41.5 Å². The number of likely N-dealkylation sites (tertiary alicyclic amines) is 1. The molecule has 0 aliphatic carbocycles. The number of nitrogens with one attached hydrogen (secondary N) is 1. The molecule has 2 N–H and O–H groups in total. The SMILES string of the molecule is O=C(N[C@H](CO)c1ccccc1)[C@@H]1CC(=O)N(CCc2ccccc2)C1. The van der Waals surface area contributed by atoms with Gasteiger partial charge in [-0.15, -0.1) is 0 Å². The maximum absolute atomic E-state index is 12.6. The van der Waals surface area contributed by atoms with Crippen LogP contribution in [0.2, 0.25) is 0 Å². The van der Waals surface area contributed by atoms with Crippen molar-refractivity contribution in [2.45, 2.75) is 18.9 Å². The van der Waals surface area contributed by atoms with Gasteiger partial charge in [-0.3, -0.25) is 9.59 Å². The van der Waals surface area contributed by atoms with E-state index in [1.54, 1.807) is 4.90 Å². The van der Waals surface area contributed by atoms with Crippen molar-refractivity contribution in [1.82, 2.24) is 10.2 Å². The summed E-state index contributed by atoms with van der Waals surface area (Å²) in [6.07, 6.45) is 1.01. The number of nitrogens with zero attached hydrogens (tertiary/aromatic N) is 1. The first-order valence-electron chi connectivity index (χ1n) is 8.95. The Kier molecular flexibility index (Phi) is 6.02. The summed E-state index contributed by atoms with van der Waals surface area (Å²) in [7, 11) is 0. The predicted octanol–water partition coefficient (Wildman–Crippen LogP) is 1.93. The molecule has 1 heterocycles. The van der Waals surface area contributed by atoms with E-state index in [2.05, 4.69) is 5.32 Å². The largest absolute Gasteiger partial charge is 0.394 e. The second-order valence-corrected chi connectivity index (χ2v) is 6.63. The topological polar surface area (TPSA) is 69.6 Å². The van der Waals surface area contributed by atoms with Gasteiger partial charge in [0.2, 0.25) is 11.8 Å². The number of carbonyl (C=O) groups is 2. The molecule has 26 heavy (non-hydrogen) atoms. The van der Waals surface area contributed by atoms with Crippen LogP contribution in [0.5, 0.6) is 0 Å². The van der Waals surface area contributed by atoms with E-state index < -0.39 is 6.04 Å². The van der Waals surface area contributed by atoms with Crippen LogP contribution < -0.4 is 5.32 Å². The molecule has 1 fully saturated rings. The molecule has 2 amide bonds. The van der Waals surface area contributed by atoms with E-state index in [9.17, 15) is 14.7 Å². The third-order valence-electron chi connectivity index (χ3n) is 4.80. The number of rotatable bonds is 7. The molecule has 1 aliphatic heterocycles. The molecule has 0 unspecified atom stereocenters. The minimum Gasteiger partial charge on any atom is -0.394 e. The number of hydrogen-bond donors (Lipinski definition) is 2. The third-order valence-corrected chi connectivity index (χ3v) is 4.80. The van der Waals surface area contributed by atoms with Crippen LogP contribution in [0, 0.1) is 5.92 Å². The highest BCUT2D eigenvalue weighted by Gasteiger charge is 2.34. The summed E-state index contributed by atoms with van der Waals surface area (Å²) in [5.74, 6) is -0.527. The molecule has 2 atom stereocenters. The van der Waals surface area contributed by atoms with Gasteiger partial charge in [-0.2, -0.15) is 0 Å². The van der Waals surface area contributed by atoms with Crippen molar-refractivity contribution in [2.24, 2.45) is 5.92 Å². The monoisotopic (exact) mass is 352 g/mol. The van der Waals surface area contributed by atoms with Crippen LogP contribution in [0.15, 0.2) is 60.7 Å². The lowest BCUT2D eigenvalue weighted by molar-refractivity contribution is -0.129. The molecular formula is C21H24N2O3. The number of carbonyl (C=O) groups excluding carboxylic acids is 2. The molecule has 1 saturated heterocycles. The lowest BCUT2D eigenvalue weighted by Gasteiger charge is -2.20. The van der Waals surface area contributed by atoms with Crippen molar-refractivity contribution < 1.29 is 14.7 Å². The summed E-state index contributed by atoms with van der Waals surface area (Å²) in [5, 5.41) is 12.5. The molecule has 5 nitrogen and oxygen atoms in total. The van der Waals surface area contributed by atoms with Gasteiger partial charge >= 0.3 is 0 Å². The highest BCUT2D eigenvalue weighted by Crippen LogP contribution is 2.20. The maximum atomic E-state index is 12.6. The first-order chi connectivity index (χ1) is 12.7. The quantitative estimate of drug-likeness (QED) is 0.800. The van der Waals surface area contributed by atoms with Gasteiger partial charge in [0.15, 0.2) is 0 Å². The Balaban J connectivity index is 1.54. The minimum absolute atomic E-state index is 0.0151. The molecule has 3 rings (SSSR count). The van der Waals surface area contributed by atoms with Crippen LogP contribution in [0.4, 0.5) is 0 Å². The molecule has 0 spiro atoms. The molecular weight excluding hydrogens is 328 g/mol. The predicted molar refractivity (Wildman–Crippen MR) is 99.2 cm³/mol. The van der Waals surface area contributed by atoms with Gasteiger partial charge in [0.25, 0.3) is 0 Å². The van der Waals surface area contributed by atoms with Crippen molar-refractivity contribution in [3.05, 3.63) is 71.8 Å². The normalized spacial score (nSPS) is 18.0. The van der Waals surface area contributed by atoms with Crippen molar-refractivity contribution in [3.8, 4) is 0 Å². The summed E-state index contributed by atoms with van der Waals surface area (Å²) < 4.78 is 0. The Morgan fingerprint density at radius 1 is 1.12 bits per heavy atom. The summed E-state index contributed by atoms with van der Waals surface area (Å²) >= 11 is 0. The number of benzene rings is 2. The Labute approximate surface area is 153 Å². The van der Waals surface area contributed by atoms with E-state index in [1.807, 2.05) is 60.7 Å². The van der Waals surface area contributed by atoms with Gasteiger partial charge in [0, 0.05) is 19.5 Å². The Bertz CT molecular complexity index is 733. The zero-order chi connectivity index (χ0) is 18.4. The average molecular weight is 352 g/mol. The Morgan fingerprint density at radius 3 is 2.42 bits per heavy atom. The molecule has 0 saturated carbocycles. The Hall–Kier alpha value is -2.66. The van der Waals surface area contributed by atoms with Gasteiger partial charge < -0.3 is 15.3 Å². The lowest BCUT2D eigenvalue weighted by Crippen LogP contribution is -2.37. The summed E-state index contributed by atoms with van der Waals surface area (Å²) in [4.78, 5) is 26.5. The van der Waals surface area contributed by atoms with Crippen molar-refractivity contribution in [3.63, 3.8) is 0 Å². The Morgan fingerprint density at radius 2 is 1.77 bits per heavy atom. The standard InChI is InChI=1S/C21H24N2O3/c24-15-19(17-9-5-2-6-10-17)22-21(26)18-13-20(25)23(14-18)12-11-16-7-3-1-4-8-16/h1-10,18-19,24H,11-15H2,(H,22,26)/t18-,19-/m1/s1. The molecule has 5 heteroatoms. The smallest absolute Gasteiger partial charge is 0.225 e. The summed E-state index contributed by atoms with van der Waals surface area (Å²) in [5.41, 5.74) is 2.03. The van der Waals surface area contributed by atoms with E-state index in [0.29, 0.717) is 13.1 Å². The summed E-state index contributed by atoms with van der Waals surface area (Å²) in [6.45, 7) is 0.882. The van der Waals surface area contributed by atoms with Gasteiger partial charge in [-0.05, 0) is 17.5 Å². The lowest BCUT2D eigenvalue weighted by atomic mass is 10.0. The highest BCUT2D eigenvalue weighted by molar-refractivity contribution is 5.89. The van der Waals surface area contributed by atoms with Crippen molar-refractivity contribution >= 4 is 11.8 Å². The molecule has 136 valence electrons. The minimum atomic E-state index is -0.447. The van der Waals surface area contributed by atoms with Crippen LogP contribution in [-0.2, 0) is 16.0 Å². The maximum Gasteiger partial charge on any atom is 0.225 e. The van der Waals surface area contributed by atoms with Crippen molar-refractivity contribution in [1.29, 1.82) is 0 Å². The fourth-order valence-corrected chi connectivity index (χ4v) is 3.28. The van der Waals surface area contributed by atoms with E-state index >= 15 is 0 Å². The van der Waals surface area contributed by atoms with E-state index in [1.165, 1.54) is 5.56 Å². The number of aliphatic hydroxyl groups is 1. The molecule has 0 radical (unpaired) electrons. The van der Waals surface area contributed by atoms with Gasteiger partial charge in [-0.25, -0.2) is 0 Å². The van der Waals surface area contributed by atoms with E-state index in [-0.39, 0.29) is 30.8 Å². The second-order valence-electron chi connectivity index (χ2n) is 6.63. The first kappa shape index (κ1) is 18.1. The average Bonchev–Trinajstić information content (AvgIpc) is 3.06. The molecule has 2 aromatic rings. The number of amides is 2. The second kappa shape index (κ2) is 8.63. The molecule has 2 aromatic carbocycles. The van der Waals surface area contributed by atoms with Crippen LogP contribution in [0.1, 0.15) is 23.6 Å². The zero-order valence-electron chi connectivity index (χ0n) is 14.7. The zero-order valence-corrected chi connectivity index (χ0v) is 14.7.